The van der Waals surface area contributed by atoms with E-state index in [1.54, 1.807) is 13.8 Å². The minimum atomic E-state index is -1.69. The van der Waals surface area contributed by atoms with Gasteiger partial charge in [0.2, 0.25) is 0 Å². The van der Waals surface area contributed by atoms with E-state index in [4.69, 9.17) is 18.7 Å². The van der Waals surface area contributed by atoms with Crippen LogP contribution in [0.4, 0.5) is 0 Å². The van der Waals surface area contributed by atoms with Crippen LogP contribution in [-0.4, -0.2) is 37.7 Å². The van der Waals surface area contributed by atoms with Gasteiger partial charge >= 0.3 is 14.6 Å². The quantitative estimate of drug-likeness (QED) is 0.393. The first kappa shape index (κ1) is 13.7. The molecule has 0 heterocycles. The first-order valence-corrected chi connectivity index (χ1v) is 5.23. The van der Waals surface area contributed by atoms with Crippen molar-refractivity contribution in [2.45, 2.75) is 20.1 Å². The van der Waals surface area contributed by atoms with E-state index in [0.717, 1.165) is 0 Å². The van der Waals surface area contributed by atoms with Crippen LogP contribution in [-0.2, 0) is 23.1 Å². The van der Waals surface area contributed by atoms with E-state index in [9.17, 15) is 4.79 Å². The van der Waals surface area contributed by atoms with E-state index in [0.29, 0.717) is 6.61 Å². The lowest BCUT2D eigenvalue weighted by molar-refractivity contribution is -0.169. The number of ether oxygens (including phenoxy) is 1. The molecule has 0 bridgehead atoms. The molecule has 0 saturated carbocycles. The summed E-state index contributed by atoms with van der Waals surface area (Å²) in [6, 6.07) is 0. The van der Waals surface area contributed by atoms with Gasteiger partial charge in [-0.2, -0.15) is 0 Å². The zero-order valence-electron chi connectivity index (χ0n) is 8.43. The minimum Gasteiger partial charge on any atom is -0.462 e. The maximum Gasteiger partial charge on any atom is 0.363 e. The lowest BCUT2D eigenvalue weighted by Gasteiger charge is -2.16. The summed E-state index contributed by atoms with van der Waals surface area (Å²) in [5, 5.41) is 9.14. The van der Waals surface area contributed by atoms with E-state index >= 15 is 0 Å². The second-order valence-corrected chi connectivity index (χ2v) is 3.32. The van der Waals surface area contributed by atoms with E-state index in [1.165, 1.54) is 7.11 Å². The van der Waals surface area contributed by atoms with Crippen LogP contribution in [0.5, 0.6) is 0 Å². The Bertz CT molecular complexity index is 164. The fourth-order valence-electron chi connectivity index (χ4n) is 0.570. The summed E-state index contributed by atoms with van der Waals surface area (Å²) in [4.78, 5) is 10.9. The van der Waals surface area contributed by atoms with Gasteiger partial charge in [-0.3, -0.25) is 4.52 Å². The van der Waals surface area contributed by atoms with Gasteiger partial charge in [0.25, 0.3) is 6.29 Å². The molecule has 0 spiro atoms. The van der Waals surface area contributed by atoms with Crippen molar-refractivity contribution < 1.29 is 28.2 Å². The lowest BCUT2D eigenvalue weighted by Crippen LogP contribution is -2.24. The Balaban J connectivity index is 3.88. The van der Waals surface area contributed by atoms with Crippen molar-refractivity contribution in [2.24, 2.45) is 0 Å². The monoisotopic (exact) mass is 226 g/mol. The topological polar surface area (TPSA) is 74.2 Å². The van der Waals surface area contributed by atoms with E-state index in [-0.39, 0.29) is 6.61 Å². The van der Waals surface area contributed by atoms with Gasteiger partial charge in [0.05, 0.1) is 13.2 Å². The molecule has 7 heteroatoms. The molecular weight excluding hydrogens is 211 g/mol. The minimum absolute atomic E-state index is 0.179. The van der Waals surface area contributed by atoms with Crippen LogP contribution in [0.3, 0.4) is 0 Å². The van der Waals surface area contributed by atoms with Gasteiger partial charge in [-0.05, 0) is 13.8 Å². The molecule has 0 amide bonds. The first-order chi connectivity index (χ1) is 6.65. The SMILES string of the molecule is CCOC(=O)C(O)OP(OC)OCC. The van der Waals surface area contributed by atoms with Crippen molar-refractivity contribution in [1.82, 2.24) is 0 Å². The molecule has 0 aliphatic heterocycles. The van der Waals surface area contributed by atoms with Crippen molar-refractivity contribution in [2.75, 3.05) is 20.3 Å². The van der Waals surface area contributed by atoms with Gasteiger partial charge in [-0.15, -0.1) is 0 Å². The Labute approximate surface area is 84.1 Å². The van der Waals surface area contributed by atoms with Crippen molar-refractivity contribution in [1.29, 1.82) is 0 Å². The molecule has 0 aromatic carbocycles. The molecule has 0 radical (unpaired) electrons. The van der Waals surface area contributed by atoms with Crippen LogP contribution in [0.15, 0.2) is 0 Å². The summed E-state index contributed by atoms with van der Waals surface area (Å²) in [7, 11) is -0.332. The lowest BCUT2D eigenvalue weighted by atomic mass is 10.6. The summed E-state index contributed by atoms with van der Waals surface area (Å²) in [5.41, 5.74) is 0. The molecule has 0 aliphatic carbocycles. The van der Waals surface area contributed by atoms with Crippen molar-refractivity contribution in [3.05, 3.63) is 0 Å². The van der Waals surface area contributed by atoms with E-state index in [2.05, 4.69) is 4.74 Å². The van der Waals surface area contributed by atoms with Crippen LogP contribution in [0.25, 0.3) is 0 Å². The van der Waals surface area contributed by atoms with Crippen molar-refractivity contribution in [3.8, 4) is 0 Å². The fourth-order valence-corrected chi connectivity index (χ4v) is 1.28. The Hall–Kier alpha value is -0.260. The maximum absolute atomic E-state index is 10.9. The predicted molar refractivity (Wildman–Crippen MR) is 49.3 cm³/mol. The number of esters is 1. The zero-order valence-corrected chi connectivity index (χ0v) is 9.32. The third kappa shape index (κ3) is 5.47. The second kappa shape index (κ2) is 8.08. The standard InChI is InChI=1S/C7H15O6P/c1-4-11-6(8)7(9)13-14(10-3)12-5-2/h7,9H,4-5H2,1-3H3. The van der Waals surface area contributed by atoms with Gasteiger partial charge in [0.1, 0.15) is 0 Å². The van der Waals surface area contributed by atoms with Crippen LogP contribution in [0, 0.1) is 0 Å². The van der Waals surface area contributed by atoms with Gasteiger partial charge < -0.3 is 18.9 Å². The van der Waals surface area contributed by atoms with Gasteiger partial charge in [0, 0.05) is 7.11 Å². The molecular formula is C7H15O6P. The molecule has 6 nitrogen and oxygen atoms in total. The number of aliphatic hydroxyl groups excluding tert-OH is 1. The smallest absolute Gasteiger partial charge is 0.363 e. The third-order valence-electron chi connectivity index (χ3n) is 1.06. The molecule has 0 aromatic heterocycles. The highest BCUT2D eigenvalue weighted by Crippen LogP contribution is 2.39. The van der Waals surface area contributed by atoms with Crippen LogP contribution < -0.4 is 0 Å². The average Bonchev–Trinajstić information content (AvgIpc) is 2.17. The number of hydrogen-bond donors (Lipinski definition) is 1. The Morgan fingerprint density at radius 3 is 2.50 bits per heavy atom. The molecule has 0 rings (SSSR count). The van der Waals surface area contributed by atoms with Crippen molar-refractivity contribution in [3.63, 3.8) is 0 Å². The molecule has 2 unspecified atom stereocenters. The maximum atomic E-state index is 10.9. The predicted octanol–water partition coefficient (Wildman–Crippen LogP) is 0.794. The number of aliphatic hydroxyl groups is 1. The van der Waals surface area contributed by atoms with Crippen LogP contribution in [0.1, 0.15) is 13.8 Å². The van der Waals surface area contributed by atoms with Crippen LogP contribution in [0.2, 0.25) is 0 Å². The molecule has 1 N–H and O–H groups in total. The Kier molecular flexibility index (Phi) is 7.93. The number of carbonyl (C=O) groups is 1. The van der Waals surface area contributed by atoms with Crippen molar-refractivity contribution >= 4 is 14.6 Å². The fraction of sp³-hybridized carbons (Fsp3) is 0.857. The highest BCUT2D eigenvalue weighted by molar-refractivity contribution is 7.41. The van der Waals surface area contributed by atoms with E-state index < -0.39 is 20.9 Å². The summed E-state index contributed by atoms with van der Waals surface area (Å²) < 4.78 is 19.0. The molecule has 0 aliphatic rings. The third-order valence-corrected chi connectivity index (χ3v) is 2.20. The second-order valence-electron chi connectivity index (χ2n) is 2.03. The molecule has 0 saturated heterocycles. The molecule has 84 valence electrons. The molecule has 0 fully saturated rings. The number of carbonyl (C=O) groups excluding carboxylic acids is 1. The highest BCUT2D eigenvalue weighted by Gasteiger charge is 2.23. The van der Waals surface area contributed by atoms with Gasteiger partial charge in [0.15, 0.2) is 0 Å². The van der Waals surface area contributed by atoms with Gasteiger partial charge in [-0.25, -0.2) is 4.79 Å². The number of rotatable bonds is 7. The van der Waals surface area contributed by atoms with Gasteiger partial charge in [-0.1, -0.05) is 0 Å². The Morgan fingerprint density at radius 2 is 2.07 bits per heavy atom. The number of hydrogen-bond acceptors (Lipinski definition) is 6. The average molecular weight is 226 g/mol. The largest absolute Gasteiger partial charge is 0.462 e. The van der Waals surface area contributed by atoms with E-state index in [1.807, 2.05) is 0 Å². The molecule has 2 atom stereocenters. The summed E-state index contributed by atoms with van der Waals surface area (Å²) in [6.07, 6.45) is -1.66. The highest BCUT2D eigenvalue weighted by atomic mass is 31.2. The normalized spacial score (nSPS) is 14.9. The first-order valence-electron chi connectivity index (χ1n) is 4.14. The summed E-state index contributed by atoms with van der Waals surface area (Å²) >= 11 is 0. The Morgan fingerprint density at radius 1 is 1.43 bits per heavy atom. The zero-order chi connectivity index (χ0) is 11.0. The van der Waals surface area contributed by atoms with Crippen LogP contribution >= 0.6 is 8.60 Å². The summed E-state index contributed by atoms with van der Waals surface area (Å²) in [6.45, 7) is 3.93. The molecule has 0 aromatic rings. The molecule has 14 heavy (non-hydrogen) atoms. The summed E-state index contributed by atoms with van der Waals surface area (Å²) in [5.74, 6) is -0.850.